The van der Waals surface area contributed by atoms with Crippen molar-refractivity contribution in [3.8, 4) is 17.2 Å². The number of carboxylic acids is 1. The van der Waals surface area contributed by atoms with E-state index in [9.17, 15) is 14.7 Å². The normalized spacial score (nSPS) is 18.9. The minimum Gasteiger partial charge on any atom is -0.489 e. The third-order valence-corrected chi connectivity index (χ3v) is 7.27. The maximum Gasteiger partial charge on any atom is 0.325 e. The molecule has 6 nitrogen and oxygen atoms in total. The molecule has 2 atom stereocenters. The van der Waals surface area contributed by atoms with Crippen molar-refractivity contribution in [2.75, 3.05) is 6.61 Å². The third kappa shape index (κ3) is 5.33. The lowest BCUT2D eigenvalue weighted by Gasteiger charge is -2.37. The minimum atomic E-state index is -1.30. The first-order chi connectivity index (χ1) is 15.9. The SMILES string of the molecule is CCC(Cl)(Cc1ccc(OCC2(C)CCc3c(C)c(OC(C)=O)c(C)c(C)c3O2)cc1)C(=O)O. The lowest BCUT2D eigenvalue weighted by atomic mass is 9.87. The fourth-order valence-electron chi connectivity index (χ4n) is 4.29. The van der Waals surface area contributed by atoms with Gasteiger partial charge in [-0.2, -0.15) is 0 Å². The highest BCUT2D eigenvalue weighted by Gasteiger charge is 2.36. The van der Waals surface area contributed by atoms with Crippen LogP contribution in [0.2, 0.25) is 0 Å². The molecule has 2 aromatic rings. The van der Waals surface area contributed by atoms with Crippen LogP contribution in [0.5, 0.6) is 17.2 Å². The van der Waals surface area contributed by atoms with Gasteiger partial charge in [-0.1, -0.05) is 19.1 Å². The first-order valence-corrected chi connectivity index (χ1v) is 11.9. The summed E-state index contributed by atoms with van der Waals surface area (Å²) in [5.74, 6) is 0.798. The van der Waals surface area contributed by atoms with Crippen LogP contribution >= 0.6 is 11.6 Å². The van der Waals surface area contributed by atoms with Crippen LogP contribution in [-0.2, 0) is 22.4 Å². The Labute approximate surface area is 206 Å². The number of benzene rings is 2. The van der Waals surface area contributed by atoms with Gasteiger partial charge in [0.05, 0.1) is 0 Å². The molecular formula is C27H33ClO6. The first kappa shape index (κ1) is 25.9. The summed E-state index contributed by atoms with van der Waals surface area (Å²) in [6, 6.07) is 7.35. The van der Waals surface area contributed by atoms with Crippen molar-refractivity contribution in [3.63, 3.8) is 0 Å². The van der Waals surface area contributed by atoms with Gasteiger partial charge in [0, 0.05) is 18.9 Å². The molecular weight excluding hydrogens is 456 g/mol. The number of rotatable bonds is 8. The number of hydrogen-bond acceptors (Lipinski definition) is 5. The molecule has 1 aliphatic heterocycles. The van der Waals surface area contributed by atoms with E-state index in [2.05, 4.69) is 0 Å². The molecule has 0 radical (unpaired) electrons. The highest BCUT2D eigenvalue weighted by molar-refractivity contribution is 6.33. The fraction of sp³-hybridized carbons (Fsp3) is 0.481. The predicted octanol–water partition coefficient (Wildman–Crippen LogP) is 5.71. The van der Waals surface area contributed by atoms with Gasteiger partial charge in [-0.05, 0) is 81.3 Å². The second-order valence-corrected chi connectivity index (χ2v) is 10.1. The van der Waals surface area contributed by atoms with Gasteiger partial charge in [-0.15, -0.1) is 11.6 Å². The fourth-order valence-corrected chi connectivity index (χ4v) is 4.45. The molecule has 1 heterocycles. The molecule has 0 amide bonds. The van der Waals surface area contributed by atoms with Crippen LogP contribution in [0, 0.1) is 20.8 Å². The molecule has 3 rings (SSSR count). The van der Waals surface area contributed by atoms with Gasteiger partial charge in [0.25, 0.3) is 0 Å². The summed E-state index contributed by atoms with van der Waals surface area (Å²) in [6.07, 6.45) is 2.12. The van der Waals surface area contributed by atoms with E-state index in [0.29, 0.717) is 24.5 Å². The van der Waals surface area contributed by atoms with Crippen LogP contribution < -0.4 is 14.2 Å². The van der Waals surface area contributed by atoms with Gasteiger partial charge in [0.15, 0.2) is 0 Å². The number of ether oxygens (including phenoxy) is 3. The topological polar surface area (TPSA) is 82.1 Å². The van der Waals surface area contributed by atoms with Gasteiger partial charge >= 0.3 is 11.9 Å². The van der Waals surface area contributed by atoms with Gasteiger partial charge in [-0.25, -0.2) is 0 Å². The zero-order chi connectivity index (χ0) is 25.3. The van der Waals surface area contributed by atoms with Crippen LogP contribution in [0.15, 0.2) is 24.3 Å². The Morgan fingerprint density at radius 2 is 1.79 bits per heavy atom. The van der Waals surface area contributed by atoms with Crippen LogP contribution in [-0.4, -0.2) is 34.1 Å². The molecule has 0 fully saturated rings. The molecule has 184 valence electrons. The Hall–Kier alpha value is -2.73. The second-order valence-electron chi connectivity index (χ2n) is 9.39. The van der Waals surface area contributed by atoms with Crippen molar-refractivity contribution >= 4 is 23.5 Å². The van der Waals surface area contributed by atoms with Gasteiger partial charge in [0.2, 0.25) is 0 Å². The number of fused-ring (bicyclic) bond motifs is 1. The maximum absolute atomic E-state index is 11.6. The number of halogens is 1. The van der Waals surface area contributed by atoms with Crippen molar-refractivity contribution in [1.82, 2.24) is 0 Å². The summed E-state index contributed by atoms with van der Waals surface area (Å²) in [6.45, 7) is 11.5. The largest absolute Gasteiger partial charge is 0.489 e. The molecule has 0 bridgehead atoms. The van der Waals surface area contributed by atoms with E-state index >= 15 is 0 Å². The van der Waals surface area contributed by atoms with Crippen molar-refractivity contribution in [1.29, 1.82) is 0 Å². The zero-order valence-electron chi connectivity index (χ0n) is 20.7. The number of carboxylic acid groups (broad SMARTS) is 1. The average molecular weight is 489 g/mol. The van der Waals surface area contributed by atoms with E-state index in [1.54, 1.807) is 6.92 Å². The molecule has 0 saturated heterocycles. The molecule has 2 aromatic carbocycles. The lowest BCUT2D eigenvalue weighted by Crippen LogP contribution is -2.42. The summed E-state index contributed by atoms with van der Waals surface area (Å²) in [4.78, 5) is 21.7. The number of carbonyl (C=O) groups is 2. The molecule has 0 spiro atoms. The quantitative estimate of drug-likeness (QED) is 0.291. The minimum absolute atomic E-state index is 0.242. The average Bonchev–Trinajstić information content (AvgIpc) is 2.79. The summed E-state index contributed by atoms with van der Waals surface area (Å²) in [7, 11) is 0. The highest BCUT2D eigenvalue weighted by atomic mass is 35.5. The van der Waals surface area contributed by atoms with E-state index in [1.165, 1.54) is 6.92 Å². The summed E-state index contributed by atoms with van der Waals surface area (Å²) >= 11 is 6.25. The molecule has 0 aromatic heterocycles. The Bertz CT molecular complexity index is 1090. The van der Waals surface area contributed by atoms with E-state index < -0.39 is 16.4 Å². The molecule has 7 heteroatoms. The van der Waals surface area contributed by atoms with Crippen LogP contribution in [0.3, 0.4) is 0 Å². The van der Waals surface area contributed by atoms with Crippen molar-refractivity contribution in [2.24, 2.45) is 0 Å². The van der Waals surface area contributed by atoms with E-state index in [4.69, 9.17) is 25.8 Å². The number of alkyl halides is 1. The van der Waals surface area contributed by atoms with E-state index in [1.807, 2.05) is 52.0 Å². The molecule has 0 saturated carbocycles. The second kappa shape index (κ2) is 9.87. The Balaban J connectivity index is 1.72. The lowest BCUT2D eigenvalue weighted by molar-refractivity contribution is -0.140. The van der Waals surface area contributed by atoms with Crippen LogP contribution in [0.25, 0.3) is 0 Å². The Morgan fingerprint density at radius 3 is 2.35 bits per heavy atom. The number of carbonyl (C=O) groups excluding carboxylic acids is 1. The summed E-state index contributed by atoms with van der Waals surface area (Å²) in [5.41, 5.74) is 4.19. The number of hydrogen-bond donors (Lipinski definition) is 1. The Morgan fingerprint density at radius 1 is 1.15 bits per heavy atom. The summed E-state index contributed by atoms with van der Waals surface area (Å²) < 4.78 is 18.0. The van der Waals surface area contributed by atoms with Crippen molar-refractivity contribution in [3.05, 3.63) is 52.1 Å². The number of esters is 1. The Kier molecular flexibility index (Phi) is 7.51. The standard InChI is InChI=1S/C27H33ClO6/c1-7-27(28,25(30)31)14-20-8-10-21(11-9-20)32-15-26(6)13-12-22-18(4)23(33-19(5)29)16(2)17(3)24(22)34-26/h8-11H,7,12-15H2,1-6H3,(H,30,31). The smallest absolute Gasteiger partial charge is 0.325 e. The maximum atomic E-state index is 11.6. The van der Waals surface area contributed by atoms with Crippen molar-refractivity contribution < 1.29 is 28.9 Å². The van der Waals surface area contributed by atoms with E-state index in [-0.39, 0.29) is 12.4 Å². The van der Waals surface area contributed by atoms with Gasteiger partial charge < -0.3 is 19.3 Å². The van der Waals surface area contributed by atoms with Crippen LogP contribution in [0.4, 0.5) is 0 Å². The summed E-state index contributed by atoms with van der Waals surface area (Å²) in [5, 5.41) is 9.39. The molecule has 1 aliphatic rings. The van der Waals surface area contributed by atoms with Crippen LogP contribution in [0.1, 0.15) is 61.4 Å². The van der Waals surface area contributed by atoms with Gasteiger partial charge in [0.1, 0.15) is 34.3 Å². The monoisotopic (exact) mass is 488 g/mol. The molecule has 2 unspecified atom stereocenters. The molecule has 1 N–H and O–H groups in total. The molecule has 34 heavy (non-hydrogen) atoms. The van der Waals surface area contributed by atoms with E-state index in [0.717, 1.165) is 46.4 Å². The third-order valence-electron chi connectivity index (χ3n) is 6.70. The van der Waals surface area contributed by atoms with Crippen molar-refractivity contribution in [2.45, 2.75) is 77.7 Å². The van der Waals surface area contributed by atoms with Gasteiger partial charge in [-0.3, -0.25) is 9.59 Å². The highest BCUT2D eigenvalue weighted by Crippen LogP contribution is 2.44. The predicted molar refractivity (Wildman–Crippen MR) is 131 cm³/mol. The number of aliphatic carboxylic acids is 1. The zero-order valence-corrected chi connectivity index (χ0v) is 21.5. The first-order valence-electron chi connectivity index (χ1n) is 11.5. The molecule has 0 aliphatic carbocycles.